The lowest BCUT2D eigenvalue weighted by Crippen LogP contribution is -2.19. The first-order valence-electron chi connectivity index (χ1n) is 15.8. The number of ether oxygens (including phenoxy) is 5. The number of nitrogens with zero attached hydrogens (tertiary/aromatic N) is 3. The molecule has 1 fully saturated rings. The van der Waals surface area contributed by atoms with E-state index in [1.54, 1.807) is 19.1 Å². The van der Waals surface area contributed by atoms with E-state index in [0.29, 0.717) is 12.4 Å². The van der Waals surface area contributed by atoms with Crippen LogP contribution in [-0.4, -0.2) is 68.3 Å². The number of hydrogen-bond acceptors (Lipinski definition) is 11. The fraction of sp³-hybridized carbons (Fsp3) is 0.400. The average Bonchev–Trinajstić information content (AvgIpc) is 3.07. The first-order chi connectivity index (χ1) is 23.1. The SMILES string of the molecule is CCOC(=O)COc1c(OC)cc([N+](=O)[O-])c(COc2ccc(C(=C3CCCCC3)c3ccc(OCCN(C)C)cc3)cc2)c1[N+](=O)[O-]. The van der Waals surface area contributed by atoms with Crippen LogP contribution in [0.1, 0.15) is 55.7 Å². The monoisotopic (exact) mass is 663 g/mol. The van der Waals surface area contributed by atoms with E-state index in [9.17, 15) is 25.0 Å². The lowest BCUT2D eigenvalue weighted by atomic mass is 9.85. The van der Waals surface area contributed by atoms with Crippen molar-refractivity contribution in [2.45, 2.75) is 45.6 Å². The predicted molar refractivity (Wildman–Crippen MR) is 179 cm³/mol. The van der Waals surface area contributed by atoms with Gasteiger partial charge in [0.25, 0.3) is 5.69 Å². The molecule has 0 saturated heterocycles. The highest BCUT2D eigenvalue weighted by Gasteiger charge is 2.35. The fourth-order valence-electron chi connectivity index (χ4n) is 5.52. The third kappa shape index (κ3) is 9.22. The van der Waals surface area contributed by atoms with E-state index in [-0.39, 0.29) is 17.9 Å². The molecule has 0 radical (unpaired) electrons. The van der Waals surface area contributed by atoms with Gasteiger partial charge in [0.15, 0.2) is 12.4 Å². The summed E-state index contributed by atoms with van der Waals surface area (Å²) in [5.74, 6) is -0.328. The van der Waals surface area contributed by atoms with Gasteiger partial charge in [-0.1, -0.05) is 36.3 Å². The summed E-state index contributed by atoms with van der Waals surface area (Å²) in [6.45, 7) is 1.91. The lowest BCUT2D eigenvalue weighted by molar-refractivity contribution is -0.396. The number of hydrogen-bond donors (Lipinski definition) is 0. The van der Waals surface area contributed by atoms with Gasteiger partial charge in [0.05, 0.1) is 29.6 Å². The summed E-state index contributed by atoms with van der Waals surface area (Å²) in [5, 5.41) is 24.2. The minimum absolute atomic E-state index is 0.0801. The maximum atomic E-state index is 12.2. The van der Waals surface area contributed by atoms with Crippen LogP contribution < -0.4 is 18.9 Å². The van der Waals surface area contributed by atoms with Crippen molar-refractivity contribution in [3.8, 4) is 23.0 Å². The number of esters is 1. The molecule has 0 spiro atoms. The van der Waals surface area contributed by atoms with Gasteiger partial charge in [-0.05, 0) is 87.7 Å². The lowest BCUT2D eigenvalue weighted by Gasteiger charge is -2.21. The quantitative estimate of drug-likeness (QED) is 0.0910. The topological polar surface area (TPSA) is 153 Å². The number of carbonyl (C=O) groups is 1. The van der Waals surface area contributed by atoms with Crippen LogP contribution in [0.3, 0.4) is 0 Å². The fourth-order valence-corrected chi connectivity index (χ4v) is 5.52. The second kappa shape index (κ2) is 17.1. The molecule has 0 unspecified atom stereocenters. The van der Waals surface area contributed by atoms with E-state index < -0.39 is 46.2 Å². The number of allylic oxidation sites excluding steroid dienone is 1. The highest BCUT2D eigenvalue weighted by molar-refractivity contribution is 5.82. The van der Waals surface area contributed by atoms with Crippen molar-refractivity contribution in [1.29, 1.82) is 0 Å². The third-order valence-electron chi connectivity index (χ3n) is 7.83. The van der Waals surface area contributed by atoms with Gasteiger partial charge < -0.3 is 28.6 Å². The Morgan fingerprint density at radius 1 is 0.854 bits per heavy atom. The summed E-state index contributed by atoms with van der Waals surface area (Å²) in [6, 6.07) is 16.4. The van der Waals surface area contributed by atoms with Crippen molar-refractivity contribution in [2.24, 2.45) is 0 Å². The summed E-state index contributed by atoms with van der Waals surface area (Å²) in [6.07, 6.45) is 5.44. The normalized spacial score (nSPS) is 12.7. The Morgan fingerprint density at radius 3 is 1.98 bits per heavy atom. The van der Waals surface area contributed by atoms with Crippen LogP contribution in [-0.2, 0) is 16.1 Å². The summed E-state index contributed by atoms with van der Waals surface area (Å²) in [7, 11) is 5.18. The number of nitro groups is 2. The first-order valence-corrected chi connectivity index (χ1v) is 15.8. The molecule has 13 heteroatoms. The van der Waals surface area contributed by atoms with Crippen molar-refractivity contribution in [2.75, 3.05) is 47.6 Å². The van der Waals surface area contributed by atoms with Crippen LogP contribution in [0.5, 0.6) is 23.0 Å². The number of likely N-dealkylation sites (N-methyl/N-ethyl adjacent to an activating group) is 1. The van der Waals surface area contributed by atoms with Crippen LogP contribution in [0.4, 0.5) is 11.4 Å². The number of benzene rings is 3. The standard InChI is InChI=1S/C35H41N3O10/c1-5-45-32(39)23-48-35-31(44-4)21-30(37(40)41)29(34(35)38(42)43)22-47-28-17-13-26(14-18-28)33(24-9-7-6-8-10-24)25-11-15-27(16-12-25)46-20-19-36(2)3/h11-18,21H,5-10,19-20,22-23H2,1-4H3. The van der Waals surface area contributed by atoms with Gasteiger partial charge >= 0.3 is 11.7 Å². The molecule has 3 aromatic rings. The molecule has 256 valence electrons. The molecule has 0 heterocycles. The van der Waals surface area contributed by atoms with E-state index >= 15 is 0 Å². The van der Waals surface area contributed by atoms with Gasteiger partial charge in [0.2, 0.25) is 5.75 Å². The molecule has 0 bridgehead atoms. The molecular formula is C35H41N3O10. The Bertz CT molecular complexity index is 1610. The molecule has 0 atom stereocenters. The van der Waals surface area contributed by atoms with Crippen molar-refractivity contribution >= 4 is 22.9 Å². The third-order valence-corrected chi connectivity index (χ3v) is 7.83. The van der Waals surface area contributed by atoms with E-state index in [2.05, 4.69) is 17.0 Å². The Labute approximate surface area is 279 Å². The van der Waals surface area contributed by atoms with Crippen LogP contribution in [0.2, 0.25) is 0 Å². The van der Waals surface area contributed by atoms with Crippen LogP contribution in [0.15, 0.2) is 60.2 Å². The Hall–Kier alpha value is -5.17. The molecule has 0 N–H and O–H groups in total. The summed E-state index contributed by atoms with van der Waals surface area (Å²) in [5.41, 5.74) is 2.91. The molecule has 0 aliphatic heterocycles. The number of nitro benzene ring substituents is 2. The molecule has 0 aromatic heterocycles. The second-order valence-corrected chi connectivity index (χ2v) is 11.4. The van der Waals surface area contributed by atoms with Gasteiger partial charge in [-0.25, -0.2) is 4.79 Å². The Balaban J connectivity index is 1.61. The summed E-state index contributed by atoms with van der Waals surface area (Å²) >= 11 is 0. The highest BCUT2D eigenvalue weighted by Crippen LogP contribution is 2.45. The molecule has 48 heavy (non-hydrogen) atoms. The zero-order valence-corrected chi connectivity index (χ0v) is 27.7. The highest BCUT2D eigenvalue weighted by atomic mass is 16.6. The summed E-state index contributed by atoms with van der Waals surface area (Å²) in [4.78, 5) is 36.6. The van der Waals surface area contributed by atoms with Crippen molar-refractivity contribution in [1.82, 2.24) is 4.90 Å². The molecule has 1 aliphatic rings. The van der Waals surface area contributed by atoms with Gasteiger partial charge in [-0.2, -0.15) is 0 Å². The predicted octanol–water partition coefficient (Wildman–Crippen LogP) is 6.74. The van der Waals surface area contributed by atoms with Gasteiger partial charge in [-0.15, -0.1) is 0 Å². The van der Waals surface area contributed by atoms with Gasteiger partial charge in [0, 0.05) is 6.54 Å². The number of methoxy groups -OCH3 is 1. The second-order valence-electron chi connectivity index (χ2n) is 11.4. The Kier molecular flexibility index (Phi) is 12.7. The van der Waals surface area contributed by atoms with E-state index in [1.165, 1.54) is 19.1 Å². The van der Waals surface area contributed by atoms with E-state index in [0.717, 1.165) is 60.7 Å². The van der Waals surface area contributed by atoms with E-state index in [4.69, 9.17) is 23.7 Å². The maximum absolute atomic E-state index is 12.2. The number of rotatable bonds is 16. The van der Waals surface area contributed by atoms with Crippen LogP contribution in [0, 0.1) is 20.2 Å². The van der Waals surface area contributed by atoms with E-state index in [1.807, 2.05) is 38.4 Å². The molecule has 4 rings (SSSR count). The average molecular weight is 664 g/mol. The van der Waals surface area contributed by atoms with Gasteiger partial charge in [-0.3, -0.25) is 20.2 Å². The van der Waals surface area contributed by atoms with Crippen LogP contribution >= 0.6 is 0 Å². The molecule has 1 aliphatic carbocycles. The molecular weight excluding hydrogens is 622 g/mol. The van der Waals surface area contributed by atoms with Gasteiger partial charge in [0.1, 0.15) is 30.3 Å². The zero-order chi connectivity index (χ0) is 34.6. The molecule has 1 saturated carbocycles. The van der Waals surface area contributed by atoms with Crippen molar-refractivity contribution < 1.29 is 38.3 Å². The van der Waals surface area contributed by atoms with Crippen LogP contribution in [0.25, 0.3) is 5.57 Å². The molecule has 3 aromatic carbocycles. The Morgan fingerprint density at radius 2 is 1.46 bits per heavy atom. The first kappa shape index (κ1) is 35.7. The smallest absolute Gasteiger partial charge is 0.344 e. The molecule has 13 nitrogen and oxygen atoms in total. The van der Waals surface area contributed by atoms with Crippen molar-refractivity contribution in [3.63, 3.8) is 0 Å². The molecule has 0 amide bonds. The maximum Gasteiger partial charge on any atom is 0.344 e. The zero-order valence-electron chi connectivity index (χ0n) is 27.7. The minimum atomic E-state index is -0.820. The largest absolute Gasteiger partial charge is 0.492 e. The summed E-state index contributed by atoms with van der Waals surface area (Å²) < 4.78 is 27.2. The minimum Gasteiger partial charge on any atom is -0.492 e. The van der Waals surface area contributed by atoms with Crippen molar-refractivity contribution in [3.05, 3.63) is 97.1 Å². The number of carbonyl (C=O) groups excluding carboxylic acids is 1.